The van der Waals surface area contributed by atoms with Gasteiger partial charge in [0.25, 0.3) is 0 Å². The second-order valence-corrected chi connectivity index (χ2v) is 6.31. The lowest BCUT2D eigenvalue weighted by Crippen LogP contribution is -2.12. The molecule has 0 spiro atoms. The van der Waals surface area contributed by atoms with Gasteiger partial charge in [-0.25, -0.2) is 18.0 Å². The quantitative estimate of drug-likeness (QED) is 0.587. The van der Waals surface area contributed by atoms with Crippen molar-refractivity contribution in [2.75, 3.05) is 11.9 Å². The fourth-order valence-electron chi connectivity index (χ4n) is 2.83. The average molecular weight is 412 g/mol. The molecule has 0 aliphatic heterocycles. The molecule has 8 heteroatoms. The van der Waals surface area contributed by atoms with Gasteiger partial charge < -0.3 is 15.2 Å². The molecule has 3 rings (SSSR count). The van der Waals surface area contributed by atoms with Gasteiger partial charge in [-0.1, -0.05) is 12.1 Å². The number of nitrogens with zero attached hydrogens (tertiary/aromatic N) is 1. The number of hydrogen-bond acceptors (Lipinski definition) is 4. The third kappa shape index (κ3) is 4.89. The summed E-state index contributed by atoms with van der Waals surface area (Å²) < 4.78 is 47.0. The molecule has 3 aromatic rings. The van der Waals surface area contributed by atoms with E-state index in [-0.39, 0.29) is 6.54 Å². The Bertz CT molecular complexity index is 1140. The SMILES string of the molecule is N#Cc1cc(CNc2c(F)ccc(OCC(=O)O)c2F)cc(-c2cccc(F)c2)c1. The lowest BCUT2D eigenvalue weighted by molar-refractivity contribution is -0.139. The number of anilines is 1. The van der Waals surface area contributed by atoms with Crippen LogP contribution < -0.4 is 10.1 Å². The third-order valence-electron chi connectivity index (χ3n) is 4.16. The summed E-state index contributed by atoms with van der Waals surface area (Å²) in [5.41, 5.74) is 1.46. The van der Waals surface area contributed by atoms with Gasteiger partial charge in [0, 0.05) is 6.54 Å². The average Bonchev–Trinajstić information content (AvgIpc) is 2.72. The summed E-state index contributed by atoms with van der Waals surface area (Å²) in [6.07, 6.45) is 0. The highest BCUT2D eigenvalue weighted by atomic mass is 19.1. The molecular weight excluding hydrogens is 397 g/mol. The van der Waals surface area contributed by atoms with Crippen molar-refractivity contribution in [1.29, 1.82) is 5.26 Å². The molecule has 0 aliphatic rings. The number of rotatable bonds is 7. The molecule has 152 valence electrons. The van der Waals surface area contributed by atoms with Gasteiger partial charge in [-0.05, 0) is 59.2 Å². The minimum Gasteiger partial charge on any atom is -0.479 e. The zero-order valence-electron chi connectivity index (χ0n) is 15.5. The van der Waals surface area contributed by atoms with Crippen LogP contribution in [0.1, 0.15) is 11.1 Å². The van der Waals surface area contributed by atoms with Crippen LogP contribution in [0, 0.1) is 28.8 Å². The number of nitriles is 1. The van der Waals surface area contributed by atoms with Crippen LogP contribution in [0.4, 0.5) is 18.9 Å². The molecule has 0 radical (unpaired) electrons. The highest BCUT2D eigenvalue weighted by Gasteiger charge is 2.16. The van der Waals surface area contributed by atoms with Gasteiger partial charge in [-0.3, -0.25) is 0 Å². The van der Waals surface area contributed by atoms with Gasteiger partial charge in [0.1, 0.15) is 17.3 Å². The van der Waals surface area contributed by atoms with Crippen LogP contribution in [0.2, 0.25) is 0 Å². The van der Waals surface area contributed by atoms with Gasteiger partial charge in [-0.15, -0.1) is 0 Å². The molecule has 0 aromatic heterocycles. The van der Waals surface area contributed by atoms with Crippen molar-refractivity contribution >= 4 is 11.7 Å². The van der Waals surface area contributed by atoms with Crippen molar-refractivity contribution in [3.8, 4) is 22.9 Å². The van der Waals surface area contributed by atoms with Crippen LogP contribution >= 0.6 is 0 Å². The van der Waals surface area contributed by atoms with E-state index in [1.165, 1.54) is 24.3 Å². The molecule has 0 amide bonds. The summed E-state index contributed by atoms with van der Waals surface area (Å²) in [7, 11) is 0. The number of carboxylic acids is 1. The van der Waals surface area contributed by atoms with Crippen LogP contribution in [0.15, 0.2) is 54.6 Å². The maximum atomic E-state index is 14.5. The Hall–Kier alpha value is -3.99. The Morgan fingerprint density at radius 1 is 1.07 bits per heavy atom. The lowest BCUT2D eigenvalue weighted by Gasteiger charge is -2.13. The maximum Gasteiger partial charge on any atom is 0.341 e. The van der Waals surface area contributed by atoms with Crippen LogP contribution in [0.3, 0.4) is 0 Å². The Balaban J connectivity index is 1.87. The van der Waals surface area contributed by atoms with Crippen LogP contribution in [0.5, 0.6) is 5.75 Å². The molecule has 30 heavy (non-hydrogen) atoms. The summed E-state index contributed by atoms with van der Waals surface area (Å²) in [4.78, 5) is 10.6. The number of ether oxygens (including phenoxy) is 1. The van der Waals surface area contributed by atoms with Gasteiger partial charge >= 0.3 is 5.97 Å². The minimum absolute atomic E-state index is 0.0476. The second-order valence-electron chi connectivity index (χ2n) is 6.31. The molecule has 3 aromatic carbocycles. The summed E-state index contributed by atoms with van der Waals surface area (Å²) in [5.74, 6) is -4.11. The maximum absolute atomic E-state index is 14.5. The van der Waals surface area contributed by atoms with E-state index in [1.807, 2.05) is 6.07 Å². The first-order chi connectivity index (χ1) is 14.4. The molecule has 0 atom stereocenters. The van der Waals surface area contributed by atoms with Crippen LogP contribution in [-0.2, 0) is 11.3 Å². The van der Waals surface area contributed by atoms with E-state index in [1.54, 1.807) is 18.2 Å². The normalized spacial score (nSPS) is 10.3. The summed E-state index contributed by atoms with van der Waals surface area (Å²) >= 11 is 0. The molecule has 0 aliphatic carbocycles. The topological polar surface area (TPSA) is 82.3 Å². The molecule has 2 N–H and O–H groups in total. The molecule has 0 saturated heterocycles. The van der Waals surface area contributed by atoms with Crippen molar-refractivity contribution in [3.05, 3.63) is 83.2 Å². The Labute approximate surface area is 170 Å². The summed E-state index contributed by atoms with van der Waals surface area (Å²) in [6, 6.07) is 14.6. The first-order valence-corrected chi connectivity index (χ1v) is 8.74. The van der Waals surface area contributed by atoms with Gasteiger partial charge in [0.15, 0.2) is 18.2 Å². The first-order valence-electron chi connectivity index (χ1n) is 8.74. The van der Waals surface area contributed by atoms with E-state index in [9.17, 15) is 23.2 Å². The minimum atomic E-state index is -1.30. The second kappa shape index (κ2) is 9.01. The summed E-state index contributed by atoms with van der Waals surface area (Å²) in [6.45, 7) is -0.822. The Kier molecular flexibility index (Phi) is 6.23. The van der Waals surface area contributed by atoms with Gasteiger partial charge in [0.05, 0.1) is 11.6 Å². The highest BCUT2D eigenvalue weighted by molar-refractivity contribution is 5.69. The van der Waals surface area contributed by atoms with E-state index in [4.69, 9.17) is 9.84 Å². The van der Waals surface area contributed by atoms with Crippen LogP contribution in [0.25, 0.3) is 11.1 Å². The third-order valence-corrected chi connectivity index (χ3v) is 4.16. The van der Waals surface area contributed by atoms with Crippen molar-refractivity contribution in [2.45, 2.75) is 6.54 Å². The van der Waals surface area contributed by atoms with E-state index in [2.05, 4.69) is 5.32 Å². The van der Waals surface area contributed by atoms with Crippen molar-refractivity contribution in [1.82, 2.24) is 0 Å². The fraction of sp³-hybridized carbons (Fsp3) is 0.0909. The van der Waals surface area contributed by atoms with Gasteiger partial charge in [0.2, 0.25) is 0 Å². The first kappa shape index (κ1) is 20.7. The summed E-state index contributed by atoms with van der Waals surface area (Å²) in [5, 5.41) is 20.5. The predicted octanol–water partition coefficient (Wildman–Crippen LogP) is 4.72. The van der Waals surface area contributed by atoms with E-state index >= 15 is 0 Å². The molecule has 0 bridgehead atoms. The number of nitrogens with one attached hydrogen (secondary N) is 1. The van der Waals surface area contributed by atoms with Crippen molar-refractivity contribution in [3.63, 3.8) is 0 Å². The van der Waals surface area contributed by atoms with Crippen molar-refractivity contribution in [2.24, 2.45) is 0 Å². The highest BCUT2D eigenvalue weighted by Crippen LogP contribution is 2.29. The molecule has 5 nitrogen and oxygen atoms in total. The smallest absolute Gasteiger partial charge is 0.341 e. The molecule has 0 saturated carbocycles. The fourth-order valence-corrected chi connectivity index (χ4v) is 2.83. The molecule has 0 fully saturated rings. The standard InChI is InChI=1S/C22H15F3N2O3/c23-17-3-1-2-15(9-17)16-7-13(10-26)6-14(8-16)11-27-22-18(24)4-5-19(21(22)25)30-12-20(28)29/h1-9,27H,11-12H2,(H,28,29). The number of halogens is 3. The van der Waals surface area contributed by atoms with Gasteiger partial charge in [-0.2, -0.15) is 5.26 Å². The number of carbonyl (C=O) groups is 1. The largest absolute Gasteiger partial charge is 0.479 e. The zero-order chi connectivity index (χ0) is 21.7. The van der Waals surface area contributed by atoms with Crippen LogP contribution in [-0.4, -0.2) is 17.7 Å². The zero-order valence-corrected chi connectivity index (χ0v) is 15.5. The van der Waals surface area contributed by atoms with E-state index in [0.717, 1.165) is 12.1 Å². The van der Waals surface area contributed by atoms with Crippen molar-refractivity contribution < 1.29 is 27.8 Å². The number of benzene rings is 3. The lowest BCUT2D eigenvalue weighted by atomic mass is 10.00. The molecular formula is C22H15F3N2O3. The van der Waals surface area contributed by atoms with E-state index in [0.29, 0.717) is 22.3 Å². The number of carboxylic acid groups (broad SMARTS) is 1. The number of hydrogen-bond donors (Lipinski definition) is 2. The molecule has 0 heterocycles. The predicted molar refractivity (Wildman–Crippen MR) is 103 cm³/mol. The Morgan fingerprint density at radius 2 is 1.87 bits per heavy atom. The number of aliphatic carboxylic acids is 1. The Morgan fingerprint density at radius 3 is 2.57 bits per heavy atom. The monoisotopic (exact) mass is 412 g/mol. The van der Waals surface area contributed by atoms with E-state index < -0.39 is 41.5 Å². The molecule has 0 unspecified atom stereocenters.